The third-order valence-corrected chi connectivity index (χ3v) is 4.23. The van der Waals surface area contributed by atoms with Crippen LogP contribution in [0.25, 0.3) is 10.9 Å². The lowest BCUT2D eigenvalue weighted by Crippen LogP contribution is -2.35. The zero-order valence-electron chi connectivity index (χ0n) is 15.3. The van der Waals surface area contributed by atoms with Crippen LogP contribution in [0.1, 0.15) is 19.4 Å². The predicted octanol–water partition coefficient (Wildman–Crippen LogP) is 2.40. The van der Waals surface area contributed by atoms with Gasteiger partial charge in [-0.3, -0.25) is 9.59 Å². The monoisotopic (exact) mass is 368 g/mol. The highest BCUT2D eigenvalue weighted by atomic mass is 16.5. The van der Waals surface area contributed by atoms with Crippen molar-refractivity contribution in [3.8, 4) is 11.5 Å². The topological polar surface area (TPSA) is 95.3 Å². The van der Waals surface area contributed by atoms with Crippen LogP contribution in [0, 0.1) is 0 Å². The second kappa shape index (κ2) is 7.86. The predicted molar refractivity (Wildman–Crippen MR) is 101 cm³/mol. The van der Waals surface area contributed by atoms with E-state index in [-0.39, 0.29) is 11.5 Å². The molecule has 3 aromatic rings. The van der Waals surface area contributed by atoms with E-state index in [0.717, 1.165) is 4.68 Å². The number of rotatable bonds is 6. The lowest BCUT2D eigenvalue weighted by atomic mass is 10.2. The molecule has 0 spiro atoms. The van der Waals surface area contributed by atoms with Gasteiger partial charge >= 0.3 is 0 Å². The molecule has 0 aliphatic heterocycles. The lowest BCUT2D eigenvalue weighted by molar-refractivity contribution is -0.119. The molecule has 1 aromatic heterocycles. The molecule has 0 aliphatic carbocycles. The summed E-state index contributed by atoms with van der Waals surface area (Å²) in [5, 5.41) is 11.2. The Hall–Kier alpha value is -3.42. The second-order valence-corrected chi connectivity index (χ2v) is 5.84. The Kier molecular flexibility index (Phi) is 5.35. The number of benzene rings is 2. The first-order valence-electron chi connectivity index (χ1n) is 8.46. The molecular weight excluding hydrogens is 348 g/mol. The highest BCUT2D eigenvalue weighted by Gasteiger charge is 2.22. The van der Waals surface area contributed by atoms with Gasteiger partial charge in [0.05, 0.1) is 19.6 Å². The fourth-order valence-electron chi connectivity index (χ4n) is 2.81. The highest BCUT2D eigenvalue weighted by molar-refractivity contribution is 5.94. The minimum absolute atomic E-state index is 0.352. The normalized spacial score (nSPS) is 11.8. The van der Waals surface area contributed by atoms with Crippen molar-refractivity contribution in [2.45, 2.75) is 19.4 Å². The maximum Gasteiger partial charge on any atom is 0.278 e. The van der Waals surface area contributed by atoms with Crippen molar-refractivity contribution in [2.75, 3.05) is 19.5 Å². The zero-order valence-corrected chi connectivity index (χ0v) is 15.3. The molecule has 1 heterocycles. The van der Waals surface area contributed by atoms with Crippen LogP contribution in [-0.2, 0) is 4.79 Å². The molecule has 1 N–H and O–H groups in total. The smallest absolute Gasteiger partial charge is 0.278 e. The molecule has 1 atom stereocenters. The van der Waals surface area contributed by atoms with Crippen molar-refractivity contribution < 1.29 is 14.3 Å². The van der Waals surface area contributed by atoms with Crippen LogP contribution in [0.5, 0.6) is 11.5 Å². The van der Waals surface area contributed by atoms with Crippen LogP contribution >= 0.6 is 0 Å². The second-order valence-electron chi connectivity index (χ2n) is 5.84. The van der Waals surface area contributed by atoms with Gasteiger partial charge in [-0.15, -0.1) is 5.10 Å². The number of aromatic nitrogens is 3. The number of ether oxygens (including phenoxy) is 2. The molecule has 0 aliphatic rings. The standard InChI is InChI=1S/C19H20N4O4/c1-4-15(23-19(25)13-7-5-6-8-14(13)21-22-23)18(24)20-12-9-10-16(26-2)17(11-12)27-3/h5-11,15H,4H2,1-3H3,(H,20,24)/t15-/m0/s1. The molecule has 27 heavy (non-hydrogen) atoms. The SMILES string of the molecule is CC[C@@H](C(=O)Nc1ccc(OC)c(OC)c1)n1nnc2ccccc2c1=O. The third kappa shape index (κ3) is 3.59. The van der Waals surface area contributed by atoms with Gasteiger partial charge in [-0.25, -0.2) is 0 Å². The molecule has 0 bridgehead atoms. The summed E-state index contributed by atoms with van der Waals surface area (Å²) < 4.78 is 11.6. The van der Waals surface area contributed by atoms with E-state index in [4.69, 9.17) is 9.47 Å². The van der Waals surface area contributed by atoms with Crippen LogP contribution < -0.4 is 20.3 Å². The maximum atomic E-state index is 12.8. The van der Waals surface area contributed by atoms with Gasteiger partial charge < -0.3 is 14.8 Å². The molecule has 3 rings (SSSR count). The van der Waals surface area contributed by atoms with E-state index < -0.39 is 6.04 Å². The van der Waals surface area contributed by atoms with E-state index in [0.29, 0.717) is 34.5 Å². The van der Waals surface area contributed by atoms with Crippen molar-refractivity contribution in [1.29, 1.82) is 0 Å². The first-order valence-corrected chi connectivity index (χ1v) is 8.46. The molecule has 8 nitrogen and oxygen atoms in total. The molecule has 0 fully saturated rings. The first kappa shape index (κ1) is 18.4. The van der Waals surface area contributed by atoms with E-state index in [9.17, 15) is 9.59 Å². The lowest BCUT2D eigenvalue weighted by Gasteiger charge is -2.17. The Morgan fingerprint density at radius 3 is 2.59 bits per heavy atom. The van der Waals surface area contributed by atoms with E-state index in [1.54, 1.807) is 42.5 Å². The number of fused-ring (bicyclic) bond motifs is 1. The summed E-state index contributed by atoms with van der Waals surface area (Å²) in [6.07, 6.45) is 0.381. The molecule has 8 heteroatoms. The minimum atomic E-state index is -0.789. The number of nitrogens with one attached hydrogen (secondary N) is 1. The van der Waals surface area contributed by atoms with Gasteiger partial charge in [0.2, 0.25) is 5.91 Å². The van der Waals surface area contributed by atoms with Crippen LogP contribution in [0.4, 0.5) is 5.69 Å². The summed E-state index contributed by atoms with van der Waals surface area (Å²) in [4.78, 5) is 25.5. The molecule has 2 aromatic carbocycles. The summed E-state index contributed by atoms with van der Waals surface area (Å²) in [5.41, 5.74) is 0.668. The van der Waals surface area contributed by atoms with Crippen molar-refractivity contribution in [3.05, 3.63) is 52.8 Å². The van der Waals surface area contributed by atoms with Crippen molar-refractivity contribution in [3.63, 3.8) is 0 Å². The third-order valence-electron chi connectivity index (χ3n) is 4.23. The van der Waals surface area contributed by atoms with Crippen molar-refractivity contribution >= 4 is 22.5 Å². The quantitative estimate of drug-likeness (QED) is 0.718. The zero-order chi connectivity index (χ0) is 19.4. The van der Waals surface area contributed by atoms with E-state index in [1.807, 2.05) is 6.92 Å². The molecule has 1 amide bonds. The van der Waals surface area contributed by atoms with Gasteiger partial charge in [-0.2, -0.15) is 4.68 Å². The summed E-state index contributed by atoms with van der Waals surface area (Å²) in [6.45, 7) is 1.81. The Morgan fingerprint density at radius 1 is 1.15 bits per heavy atom. The van der Waals surface area contributed by atoms with Gasteiger partial charge in [0.25, 0.3) is 5.56 Å². The molecule has 0 saturated heterocycles. The fraction of sp³-hybridized carbons (Fsp3) is 0.263. The Morgan fingerprint density at radius 2 is 1.89 bits per heavy atom. The Labute approximate surface area is 155 Å². The number of methoxy groups -OCH3 is 2. The van der Waals surface area contributed by atoms with Crippen LogP contribution in [0.3, 0.4) is 0 Å². The average molecular weight is 368 g/mol. The maximum absolute atomic E-state index is 12.8. The van der Waals surface area contributed by atoms with Gasteiger partial charge in [-0.1, -0.05) is 24.3 Å². The molecular formula is C19H20N4O4. The van der Waals surface area contributed by atoms with Gasteiger partial charge in [-0.05, 0) is 30.7 Å². The summed E-state index contributed by atoms with van der Waals surface area (Å²) >= 11 is 0. The average Bonchev–Trinajstić information content (AvgIpc) is 2.70. The van der Waals surface area contributed by atoms with Crippen molar-refractivity contribution in [1.82, 2.24) is 15.0 Å². The molecule has 0 saturated carbocycles. The van der Waals surface area contributed by atoms with Gasteiger partial charge in [0.15, 0.2) is 11.5 Å². The molecule has 0 unspecified atom stereocenters. The number of carbonyl (C=O) groups is 1. The number of carbonyl (C=O) groups excluding carboxylic acids is 1. The molecule has 0 radical (unpaired) electrons. The number of hydrogen-bond acceptors (Lipinski definition) is 6. The summed E-state index contributed by atoms with van der Waals surface area (Å²) in [7, 11) is 3.05. The van der Waals surface area contributed by atoms with Crippen LogP contribution in [-0.4, -0.2) is 35.1 Å². The fourth-order valence-corrected chi connectivity index (χ4v) is 2.81. The van der Waals surface area contributed by atoms with E-state index in [1.165, 1.54) is 14.2 Å². The first-order chi connectivity index (χ1) is 13.1. The van der Waals surface area contributed by atoms with Gasteiger partial charge in [0, 0.05) is 11.8 Å². The molecule has 140 valence electrons. The number of amides is 1. The highest BCUT2D eigenvalue weighted by Crippen LogP contribution is 2.30. The van der Waals surface area contributed by atoms with Crippen molar-refractivity contribution in [2.24, 2.45) is 0 Å². The number of anilines is 1. The van der Waals surface area contributed by atoms with E-state index >= 15 is 0 Å². The van der Waals surface area contributed by atoms with E-state index in [2.05, 4.69) is 15.6 Å². The number of hydrogen-bond donors (Lipinski definition) is 1. The number of nitrogens with zero attached hydrogens (tertiary/aromatic N) is 3. The Bertz CT molecular complexity index is 1030. The largest absolute Gasteiger partial charge is 0.493 e. The van der Waals surface area contributed by atoms with Crippen LogP contribution in [0.15, 0.2) is 47.3 Å². The summed E-state index contributed by atoms with van der Waals surface area (Å²) in [5.74, 6) is 0.682. The minimum Gasteiger partial charge on any atom is -0.493 e. The Balaban J connectivity index is 1.91. The van der Waals surface area contributed by atoms with Crippen LogP contribution in [0.2, 0.25) is 0 Å². The summed E-state index contributed by atoms with van der Waals surface area (Å²) in [6, 6.07) is 11.2. The van der Waals surface area contributed by atoms with Gasteiger partial charge in [0.1, 0.15) is 11.6 Å².